The Morgan fingerprint density at radius 2 is 2.06 bits per heavy atom. The lowest BCUT2D eigenvalue weighted by molar-refractivity contribution is 0.0578. The van der Waals surface area contributed by atoms with E-state index in [0.717, 1.165) is 36.7 Å². The molecule has 5 rings (SSSR count). The van der Waals surface area contributed by atoms with Crippen molar-refractivity contribution in [3.8, 4) is 22.9 Å². The Morgan fingerprint density at radius 1 is 1.26 bits per heavy atom. The number of fused-ring (bicyclic) bond motifs is 3. The SMILES string of the molecule is N#Cc1c(N)sc2c(F)ccc(-c3c(F)cc4c(c3Cl)OC[C@H]3CCCCN3C4=O)c12. The van der Waals surface area contributed by atoms with Crippen LogP contribution >= 0.6 is 22.9 Å². The highest BCUT2D eigenvalue weighted by Crippen LogP contribution is 2.47. The molecule has 2 N–H and O–H groups in total. The first-order chi connectivity index (χ1) is 14.9. The molecule has 1 saturated heterocycles. The van der Waals surface area contributed by atoms with E-state index < -0.39 is 11.6 Å². The predicted octanol–water partition coefficient (Wildman–Crippen LogP) is 5.34. The maximum Gasteiger partial charge on any atom is 0.258 e. The maximum atomic E-state index is 15.4. The molecule has 0 spiro atoms. The van der Waals surface area contributed by atoms with Gasteiger partial charge >= 0.3 is 0 Å². The fraction of sp³-hybridized carbons (Fsp3) is 0.273. The number of nitrogens with zero attached hydrogens (tertiary/aromatic N) is 2. The summed E-state index contributed by atoms with van der Waals surface area (Å²) in [6.07, 6.45) is 2.69. The Balaban J connectivity index is 1.76. The average molecular weight is 460 g/mol. The van der Waals surface area contributed by atoms with Crippen LogP contribution < -0.4 is 10.5 Å². The van der Waals surface area contributed by atoms with Gasteiger partial charge in [-0.25, -0.2) is 8.78 Å². The van der Waals surface area contributed by atoms with E-state index in [1.807, 2.05) is 6.07 Å². The first-order valence-electron chi connectivity index (χ1n) is 9.79. The van der Waals surface area contributed by atoms with E-state index in [2.05, 4.69) is 0 Å². The number of thiophene rings is 1. The summed E-state index contributed by atoms with van der Waals surface area (Å²) in [5.74, 6) is -1.52. The van der Waals surface area contributed by atoms with Crippen LogP contribution in [0, 0.1) is 23.0 Å². The fourth-order valence-electron chi connectivity index (χ4n) is 4.43. The lowest BCUT2D eigenvalue weighted by atomic mass is 9.96. The number of anilines is 1. The van der Waals surface area contributed by atoms with E-state index in [1.165, 1.54) is 12.1 Å². The number of piperidine rings is 1. The number of nitrogens with two attached hydrogens (primary N) is 1. The van der Waals surface area contributed by atoms with Crippen LogP contribution in [0.5, 0.6) is 5.75 Å². The minimum atomic E-state index is -0.752. The highest BCUT2D eigenvalue weighted by Gasteiger charge is 2.35. The highest BCUT2D eigenvalue weighted by atomic mass is 35.5. The van der Waals surface area contributed by atoms with Crippen molar-refractivity contribution in [2.45, 2.75) is 25.3 Å². The molecule has 1 fully saturated rings. The number of carbonyl (C=O) groups excluding carboxylic acids is 1. The summed E-state index contributed by atoms with van der Waals surface area (Å²) in [6, 6.07) is 5.55. The molecule has 0 radical (unpaired) electrons. The van der Waals surface area contributed by atoms with E-state index in [0.29, 0.717) is 6.54 Å². The molecule has 2 aliphatic rings. The van der Waals surface area contributed by atoms with Gasteiger partial charge in [0.05, 0.1) is 26.9 Å². The Bertz CT molecular complexity index is 1300. The number of carbonyl (C=O) groups is 1. The number of halogens is 3. The van der Waals surface area contributed by atoms with E-state index in [-0.39, 0.29) is 66.7 Å². The van der Waals surface area contributed by atoms with E-state index in [1.54, 1.807) is 4.90 Å². The van der Waals surface area contributed by atoms with Gasteiger partial charge in [0.15, 0.2) is 5.75 Å². The van der Waals surface area contributed by atoms with Crippen LogP contribution in [0.25, 0.3) is 21.2 Å². The maximum absolute atomic E-state index is 15.4. The largest absolute Gasteiger partial charge is 0.489 e. The highest BCUT2D eigenvalue weighted by molar-refractivity contribution is 7.23. The average Bonchev–Trinajstić information content (AvgIpc) is 3.03. The number of hydrogen-bond donors (Lipinski definition) is 1. The quantitative estimate of drug-likeness (QED) is 0.532. The second kappa shape index (κ2) is 7.36. The van der Waals surface area contributed by atoms with Crippen molar-refractivity contribution < 1.29 is 18.3 Å². The molecule has 2 aliphatic heterocycles. The third kappa shape index (κ3) is 2.95. The third-order valence-electron chi connectivity index (χ3n) is 5.91. The second-order valence-corrected chi connectivity index (χ2v) is 9.07. The fourth-order valence-corrected chi connectivity index (χ4v) is 5.73. The predicted molar refractivity (Wildman–Crippen MR) is 115 cm³/mol. The first-order valence-corrected chi connectivity index (χ1v) is 11.0. The van der Waals surface area contributed by atoms with Gasteiger partial charge in [-0.05, 0) is 37.0 Å². The molecule has 5 nitrogen and oxygen atoms in total. The molecule has 3 heterocycles. The Kier molecular flexibility index (Phi) is 4.76. The van der Waals surface area contributed by atoms with Gasteiger partial charge in [-0.15, -0.1) is 11.3 Å². The summed E-state index contributed by atoms with van der Waals surface area (Å²) in [5.41, 5.74) is 6.21. The van der Waals surface area contributed by atoms with Crippen molar-refractivity contribution in [2.24, 2.45) is 0 Å². The van der Waals surface area contributed by atoms with Crippen molar-refractivity contribution in [1.82, 2.24) is 4.90 Å². The van der Waals surface area contributed by atoms with Gasteiger partial charge < -0.3 is 15.4 Å². The molecule has 1 atom stereocenters. The molecule has 0 unspecified atom stereocenters. The van der Waals surface area contributed by atoms with E-state index >= 15 is 4.39 Å². The first kappa shape index (κ1) is 20.0. The van der Waals surface area contributed by atoms with Crippen molar-refractivity contribution in [2.75, 3.05) is 18.9 Å². The standard InChI is InChI=1S/C22H16ClF2N3O2S/c23-18-17(11-4-5-14(24)20-16(11)13(8-26)21(27)31-20)15(25)7-12-19(18)30-9-10-3-1-2-6-28(10)22(12)29/h4-5,7,10H,1-3,6,9,27H2/t10-/m1/s1. The monoisotopic (exact) mass is 459 g/mol. The van der Waals surface area contributed by atoms with E-state index in [4.69, 9.17) is 22.1 Å². The van der Waals surface area contributed by atoms with Crippen molar-refractivity contribution in [3.05, 3.63) is 46.0 Å². The van der Waals surface area contributed by atoms with Crippen molar-refractivity contribution in [3.63, 3.8) is 0 Å². The van der Waals surface area contributed by atoms with Gasteiger partial charge in [0.2, 0.25) is 0 Å². The molecular weight excluding hydrogens is 444 g/mol. The molecule has 0 saturated carbocycles. The lowest BCUT2D eigenvalue weighted by Crippen LogP contribution is -2.45. The minimum absolute atomic E-state index is 0.0487. The molecule has 3 aromatic rings. The zero-order chi connectivity index (χ0) is 21.9. The summed E-state index contributed by atoms with van der Waals surface area (Å²) in [7, 11) is 0. The zero-order valence-corrected chi connectivity index (χ0v) is 17.7. The molecule has 2 aromatic carbocycles. The molecule has 0 aliphatic carbocycles. The van der Waals surface area contributed by atoms with Crippen LogP contribution in [0.4, 0.5) is 13.8 Å². The number of rotatable bonds is 1. The smallest absolute Gasteiger partial charge is 0.258 e. The topological polar surface area (TPSA) is 79.4 Å². The summed E-state index contributed by atoms with van der Waals surface area (Å²) in [4.78, 5) is 14.8. The molecule has 0 bridgehead atoms. The molecular formula is C22H16ClF2N3O2S. The van der Waals surface area contributed by atoms with Crippen molar-refractivity contribution in [1.29, 1.82) is 5.26 Å². The number of ether oxygens (including phenoxy) is 1. The van der Waals surface area contributed by atoms with Gasteiger partial charge in [0, 0.05) is 17.5 Å². The summed E-state index contributed by atoms with van der Waals surface area (Å²) in [6.45, 7) is 0.850. The van der Waals surface area contributed by atoms with Crippen LogP contribution in [-0.2, 0) is 0 Å². The molecule has 9 heteroatoms. The van der Waals surface area contributed by atoms with Crippen LogP contribution in [0.1, 0.15) is 35.2 Å². The lowest BCUT2D eigenvalue weighted by Gasteiger charge is -2.33. The molecule has 1 aromatic heterocycles. The van der Waals surface area contributed by atoms with Gasteiger partial charge in [-0.1, -0.05) is 17.7 Å². The van der Waals surface area contributed by atoms with Gasteiger partial charge in [0.1, 0.15) is 29.3 Å². The van der Waals surface area contributed by atoms with Gasteiger partial charge in [-0.2, -0.15) is 5.26 Å². The zero-order valence-electron chi connectivity index (χ0n) is 16.2. The molecule has 1 amide bonds. The van der Waals surface area contributed by atoms with Crippen molar-refractivity contribution >= 4 is 43.9 Å². The van der Waals surface area contributed by atoms with Crippen LogP contribution in [0.3, 0.4) is 0 Å². The Morgan fingerprint density at radius 3 is 2.84 bits per heavy atom. The van der Waals surface area contributed by atoms with Crippen LogP contribution in [-0.4, -0.2) is 30.0 Å². The molecule has 31 heavy (non-hydrogen) atoms. The Labute approximate surface area is 185 Å². The van der Waals surface area contributed by atoms with Crippen LogP contribution in [0.15, 0.2) is 18.2 Å². The van der Waals surface area contributed by atoms with Gasteiger partial charge in [-0.3, -0.25) is 4.79 Å². The second-order valence-electron chi connectivity index (χ2n) is 7.64. The molecule has 158 valence electrons. The number of hydrogen-bond acceptors (Lipinski definition) is 5. The number of nitriles is 1. The number of nitrogen functional groups attached to an aromatic ring is 1. The summed E-state index contributed by atoms with van der Waals surface area (Å²) < 4.78 is 35.9. The summed E-state index contributed by atoms with van der Waals surface area (Å²) in [5, 5.41) is 9.80. The van der Waals surface area contributed by atoms with Gasteiger partial charge in [0.25, 0.3) is 5.91 Å². The Hall–Kier alpha value is -2.89. The minimum Gasteiger partial charge on any atom is -0.489 e. The number of amides is 1. The number of benzene rings is 2. The summed E-state index contributed by atoms with van der Waals surface area (Å²) >= 11 is 7.52. The normalized spacial score (nSPS) is 18.2. The van der Waals surface area contributed by atoms with E-state index in [9.17, 15) is 14.4 Å². The third-order valence-corrected chi connectivity index (χ3v) is 7.30. The van der Waals surface area contributed by atoms with Crippen LogP contribution in [0.2, 0.25) is 5.02 Å².